The van der Waals surface area contributed by atoms with Gasteiger partial charge in [-0.1, -0.05) is 6.07 Å². The monoisotopic (exact) mass is 312 g/mol. The molecule has 18 heavy (non-hydrogen) atoms. The second-order valence-electron chi connectivity index (χ2n) is 3.46. The molecule has 3 rings (SSSR count). The van der Waals surface area contributed by atoms with Gasteiger partial charge in [0.2, 0.25) is 0 Å². The fourth-order valence-electron chi connectivity index (χ4n) is 1.39. The maximum Gasteiger partial charge on any atom is -0.0809 e. The van der Waals surface area contributed by atoms with Crippen LogP contribution in [0.2, 0.25) is 0 Å². The Bertz CT molecular complexity index is 501. The molecule has 0 saturated heterocycles. The van der Waals surface area contributed by atoms with Crippen molar-refractivity contribution in [2.24, 2.45) is 0 Å². The normalized spacial score (nSPS) is 8.78. The summed E-state index contributed by atoms with van der Waals surface area (Å²) in [4.78, 5) is 3.34. The molecule has 0 fully saturated rings. The zero-order valence-corrected chi connectivity index (χ0v) is 13.0. The third-order valence-corrected chi connectivity index (χ3v) is 2.10. The largest absolute Gasteiger partial charge is 0.214 e. The Morgan fingerprint density at radius 2 is 1.50 bits per heavy atom. The molecule has 0 N–H and O–H groups in total. The van der Waals surface area contributed by atoms with E-state index >= 15 is 0 Å². The number of benzene rings is 1. The summed E-state index contributed by atoms with van der Waals surface area (Å²) >= 11 is -1.64. The van der Waals surface area contributed by atoms with Crippen LogP contribution in [0.25, 0.3) is 10.8 Å². The first-order chi connectivity index (χ1) is 8.70. The molecule has 0 bridgehead atoms. The minimum Gasteiger partial charge on any atom is -0.214 e. The molecule has 0 atom stereocenters. The second kappa shape index (κ2) is 9.30. The van der Waals surface area contributed by atoms with Gasteiger partial charge in [0.05, 0.1) is 0 Å². The molecular formula is C15H14Cl2Ti-2. The quantitative estimate of drug-likeness (QED) is 0.390. The minimum atomic E-state index is -1.64. The van der Waals surface area contributed by atoms with E-state index in [2.05, 4.69) is 47.3 Å². The van der Waals surface area contributed by atoms with E-state index in [0.717, 1.165) is 0 Å². The van der Waals surface area contributed by atoms with Gasteiger partial charge in [0.25, 0.3) is 0 Å². The molecule has 0 unspecified atom stereocenters. The van der Waals surface area contributed by atoms with Crippen LogP contribution in [0.15, 0.2) is 72.8 Å². The molecule has 0 heterocycles. The first kappa shape index (κ1) is 15.4. The zero-order valence-electron chi connectivity index (χ0n) is 9.89. The second-order valence-corrected chi connectivity index (χ2v) is 9.07. The minimum absolute atomic E-state index is 1.33. The van der Waals surface area contributed by atoms with Crippen LogP contribution in [-0.2, 0) is 15.3 Å². The van der Waals surface area contributed by atoms with Crippen LogP contribution < -0.4 is 0 Å². The van der Waals surface area contributed by atoms with Crippen LogP contribution in [0, 0.1) is 0 Å². The van der Waals surface area contributed by atoms with E-state index in [1.165, 1.54) is 10.8 Å². The fraction of sp³-hybridized carbons (Fsp3) is 0. The molecular weight excluding hydrogens is 299 g/mol. The van der Waals surface area contributed by atoms with Gasteiger partial charge in [-0.3, -0.25) is 0 Å². The van der Waals surface area contributed by atoms with Gasteiger partial charge in [-0.15, -0.1) is 29.7 Å². The number of rotatable bonds is 0. The molecule has 0 saturated carbocycles. The van der Waals surface area contributed by atoms with Crippen LogP contribution in [0.4, 0.5) is 0 Å². The van der Waals surface area contributed by atoms with Crippen LogP contribution in [0.5, 0.6) is 0 Å². The molecule has 0 amide bonds. The van der Waals surface area contributed by atoms with Gasteiger partial charge < -0.3 is 0 Å². The Morgan fingerprint density at radius 3 is 2.00 bits per heavy atom. The van der Waals surface area contributed by atoms with Crippen molar-refractivity contribution < 1.29 is 15.3 Å². The Morgan fingerprint density at radius 1 is 0.889 bits per heavy atom. The van der Waals surface area contributed by atoms with E-state index in [1.807, 2.05) is 30.3 Å². The maximum atomic E-state index is 5.10. The molecule has 0 spiro atoms. The fourth-order valence-corrected chi connectivity index (χ4v) is 1.39. The number of fused-ring (bicyclic) bond motifs is 1. The van der Waals surface area contributed by atoms with Crippen molar-refractivity contribution in [3.63, 3.8) is 0 Å². The summed E-state index contributed by atoms with van der Waals surface area (Å²) in [5.41, 5.74) is 0. The summed E-state index contributed by atoms with van der Waals surface area (Å²) in [6.45, 7) is 0. The molecule has 0 aliphatic heterocycles. The maximum absolute atomic E-state index is 5.10. The zero-order chi connectivity index (χ0) is 13.2. The third-order valence-electron chi connectivity index (χ3n) is 2.10. The van der Waals surface area contributed by atoms with Crippen molar-refractivity contribution in [2.45, 2.75) is 0 Å². The molecule has 3 aromatic rings. The predicted molar refractivity (Wildman–Crippen MR) is 80.4 cm³/mol. The van der Waals surface area contributed by atoms with Crippen LogP contribution in [-0.4, -0.2) is 4.82 Å². The van der Waals surface area contributed by atoms with Gasteiger partial charge >= 0.3 is 38.7 Å². The summed E-state index contributed by atoms with van der Waals surface area (Å²) in [5.74, 6) is 0. The summed E-state index contributed by atoms with van der Waals surface area (Å²) < 4.78 is 0. The van der Waals surface area contributed by atoms with Crippen molar-refractivity contribution >= 4 is 34.2 Å². The average molecular weight is 313 g/mol. The Balaban J connectivity index is 0.000000154. The molecule has 0 nitrogen and oxygen atoms in total. The molecule has 0 aromatic heterocycles. The van der Waals surface area contributed by atoms with Crippen LogP contribution in [0.3, 0.4) is 0 Å². The molecule has 94 valence electrons. The number of halogens is 2. The van der Waals surface area contributed by atoms with E-state index in [9.17, 15) is 0 Å². The van der Waals surface area contributed by atoms with Crippen molar-refractivity contribution in [1.82, 2.24) is 0 Å². The van der Waals surface area contributed by atoms with Crippen LogP contribution in [0.1, 0.15) is 0 Å². The smallest absolute Gasteiger partial charge is 0.0809 e. The van der Waals surface area contributed by atoms with Gasteiger partial charge in [0, 0.05) is 0 Å². The number of hydrogen-bond donors (Lipinski definition) is 0. The molecule has 0 aliphatic rings. The van der Waals surface area contributed by atoms with E-state index < -0.39 is 15.3 Å². The average Bonchev–Trinajstić information content (AvgIpc) is 3.03. The van der Waals surface area contributed by atoms with E-state index in [0.29, 0.717) is 0 Å². The number of hydrogen-bond acceptors (Lipinski definition) is 0. The van der Waals surface area contributed by atoms with Gasteiger partial charge in [-0.25, -0.2) is 12.1 Å². The predicted octanol–water partition coefficient (Wildman–Crippen LogP) is 5.31. The Hall–Kier alpha value is -0.656. The SMILES string of the molecule is [CH2]=[Ti]([Cl])[Cl].c1cc[cH-]c1.c1ccc2[cH-]ccc2c1. The molecule has 3 aromatic carbocycles. The first-order valence-electron chi connectivity index (χ1n) is 5.47. The standard InChI is InChI=1S/C9H7.C5H5.CH2.2ClH.Ti/c1-2-5-9-7-3-6-8(9)4-1;1-2-4-5-3-1;;;;/h1-7H;1-5H;1H2;2*1H;/q2*-1;;;;+2/p-2. The van der Waals surface area contributed by atoms with Gasteiger partial charge in [0.15, 0.2) is 0 Å². The van der Waals surface area contributed by atoms with E-state index in [4.69, 9.17) is 18.6 Å². The van der Waals surface area contributed by atoms with E-state index in [-0.39, 0.29) is 0 Å². The molecule has 3 heteroatoms. The van der Waals surface area contributed by atoms with Crippen molar-refractivity contribution in [3.8, 4) is 0 Å². The van der Waals surface area contributed by atoms with Crippen molar-refractivity contribution in [3.05, 3.63) is 72.8 Å². The molecule has 0 radical (unpaired) electrons. The van der Waals surface area contributed by atoms with Crippen LogP contribution >= 0.6 is 18.6 Å². The van der Waals surface area contributed by atoms with E-state index in [1.54, 1.807) is 0 Å². The summed E-state index contributed by atoms with van der Waals surface area (Å²) in [7, 11) is 10.2. The molecule has 0 aliphatic carbocycles. The van der Waals surface area contributed by atoms with Crippen molar-refractivity contribution in [1.29, 1.82) is 0 Å². The van der Waals surface area contributed by atoms with Gasteiger partial charge in [0.1, 0.15) is 0 Å². The van der Waals surface area contributed by atoms with Crippen molar-refractivity contribution in [2.75, 3.05) is 0 Å². The third kappa shape index (κ3) is 6.93. The Labute approximate surface area is 122 Å². The Kier molecular flexibility index (Phi) is 7.96. The summed E-state index contributed by atoms with van der Waals surface area (Å²) in [6, 6.07) is 24.7. The first-order valence-corrected chi connectivity index (χ1v) is 10.9. The van der Waals surface area contributed by atoms with Gasteiger partial charge in [-0.2, -0.15) is 35.7 Å². The summed E-state index contributed by atoms with van der Waals surface area (Å²) in [5, 5.41) is 2.66. The summed E-state index contributed by atoms with van der Waals surface area (Å²) in [6.07, 6.45) is 0. The van der Waals surface area contributed by atoms with Gasteiger partial charge in [-0.05, 0) is 0 Å². The topological polar surface area (TPSA) is 0 Å².